The molecule has 1 N–H and O–H groups in total. The molecule has 1 aliphatic carbocycles. The molecular formula is C16H21N5O3. The van der Waals surface area contributed by atoms with E-state index in [0.717, 1.165) is 24.2 Å². The number of ether oxygens (including phenoxy) is 1. The number of amides is 1. The summed E-state index contributed by atoms with van der Waals surface area (Å²) in [4.78, 5) is 32.1. The Labute approximate surface area is 139 Å². The van der Waals surface area contributed by atoms with Crippen LogP contribution in [0.3, 0.4) is 0 Å². The lowest BCUT2D eigenvalue weighted by molar-refractivity contribution is -0.148. The summed E-state index contributed by atoms with van der Waals surface area (Å²) in [5.41, 5.74) is 1.72. The summed E-state index contributed by atoms with van der Waals surface area (Å²) in [6.45, 7) is 5.45. The van der Waals surface area contributed by atoms with Crippen molar-refractivity contribution in [1.29, 1.82) is 0 Å². The molecule has 2 heterocycles. The van der Waals surface area contributed by atoms with Crippen LogP contribution in [0.15, 0.2) is 6.07 Å². The predicted molar refractivity (Wildman–Crippen MR) is 85.2 cm³/mol. The minimum absolute atomic E-state index is 0.0900. The van der Waals surface area contributed by atoms with E-state index < -0.39 is 5.97 Å². The highest BCUT2D eigenvalue weighted by Crippen LogP contribution is 2.32. The van der Waals surface area contributed by atoms with Gasteiger partial charge in [-0.25, -0.2) is 9.50 Å². The van der Waals surface area contributed by atoms with Crippen LogP contribution >= 0.6 is 0 Å². The van der Waals surface area contributed by atoms with E-state index in [1.807, 2.05) is 26.8 Å². The van der Waals surface area contributed by atoms with E-state index in [2.05, 4.69) is 20.4 Å². The van der Waals surface area contributed by atoms with Crippen LogP contribution < -0.4 is 5.32 Å². The molecule has 1 amide bonds. The number of aryl methyl sites for hydroxylation is 2. The molecule has 3 rings (SSSR count). The SMILES string of the molecule is Cc1cc(C)n2nc(CC(=O)OCC(=O)NC(C)C3CC3)nc2n1. The van der Waals surface area contributed by atoms with Crippen molar-refractivity contribution < 1.29 is 14.3 Å². The molecule has 1 atom stereocenters. The minimum Gasteiger partial charge on any atom is -0.455 e. The summed E-state index contributed by atoms with van der Waals surface area (Å²) in [6.07, 6.45) is 2.20. The third kappa shape index (κ3) is 3.87. The Balaban J connectivity index is 1.53. The second-order valence-corrected chi connectivity index (χ2v) is 6.31. The molecule has 8 heteroatoms. The van der Waals surface area contributed by atoms with Gasteiger partial charge in [-0.1, -0.05) is 0 Å². The van der Waals surface area contributed by atoms with Crippen LogP contribution in [-0.2, 0) is 20.7 Å². The summed E-state index contributed by atoms with van der Waals surface area (Å²) in [5, 5.41) is 7.08. The number of rotatable bonds is 6. The molecule has 128 valence electrons. The number of carbonyl (C=O) groups excluding carboxylic acids is 2. The number of hydrogen-bond acceptors (Lipinski definition) is 6. The summed E-state index contributed by atoms with van der Waals surface area (Å²) in [7, 11) is 0. The Morgan fingerprint density at radius 1 is 1.38 bits per heavy atom. The van der Waals surface area contributed by atoms with Crippen LogP contribution in [0.25, 0.3) is 5.78 Å². The van der Waals surface area contributed by atoms with Gasteiger partial charge in [-0.2, -0.15) is 4.98 Å². The standard InChI is InChI=1S/C16H21N5O3/c1-9-6-10(2)21-16(17-9)19-13(20-21)7-15(23)24-8-14(22)18-11(3)12-4-5-12/h6,11-12H,4-5,7-8H2,1-3H3,(H,18,22). The summed E-state index contributed by atoms with van der Waals surface area (Å²) in [5.74, 6) is 0.527. The van der Waals surface area contributed by atoms with Crippen LogP contribution in [0.2, 0.25) is 0 Å². The lowest BCUT2D eigenvalue weighted by Gasteiger charge is -2.12. The first-order chi connectivity index (χ1) is 11.4. The first-order valence-electron chi connectivity index (χ1n) is 8.07. The van der Waals surface area contributed by atoms with E-state index in [9.17, 15) is 9.59 Å². The van der Waals surface area contributed by atoms with Crippen molar-refractivity contribution >= 4 is 17.7 Å². The molecule has 1 saturated carbocycles. The third-order valence-corrected chi connectivity index (χ3v) is 4.05. The van der Waals surface area contributed by atoms with Gasteiger partial charge in [0.05, 0.1) is 0 Å². The average molecular weight is 331 g/mol. The third-order valence-electron chi connectivity index (χ3n) is 4.05. The van der Waals surface area contributed by atoms with Crippen LogP contribution in [0.5, 0.6) is 0 Å². The molecule has 24 heavy (non-hydrogen) atoms. The second-order valence-electron chi connectivity index (χ2n) is 6.31. The normalized spacial score (nSPS) is 15.3. The van der Waals surface area contributed by atoms with Gasteiger partial charge in [-0.15, -0.1) is 5.10 Å². The van der Waals surface area contributed by atoms with Crippen molar-refractivity contribution in [3.63, 3.8) is 0 Å². The topological polar surface area (TPSA) is 98.5 Å². The number of fused-ring (bicyclic) bond motifs is 1. The molecule has 1 fully saturated rings. The van der Waals surface area contributed by atoms with E-state index in [4.69, 9.17) is 4.74 Å². The van der Waals surface area contributed by atoms with Gasteiger partial charge in [0.2, 0.25) is 0 Å². The lowest BCUT2D eigenvalue weighted by atomic mass is 10.2. The Kier molecular flexibility index (Phi) is 4.46. The molecule has 1 unspecified atom stereocenters. The van der Waals surface area contributed by atoms with Crippen molar-refractivity contribution in [3.05, 3.63) is 23.3 Å². The quantitative estimate of drug-likeness (QED) is 0.784. The van der Waals surface area contributed by atoms with Crippen LogP contribution in [0, 0.1) is 19.8 Å². The maximum atomic E-state index is 11.9. The van der Waals surface area contributed by atoms with Gasteiger partial charge < -0.3 is 10.1 Å². The van der Waals surface area contributed by atoms with E-state index in [-0.39, 0.29) is 25.0 Å². The Hall–Kier alpha value is -2.51. The van der Waals surface area contributed by atoms with Crippen molar-refractivity contribution in [2.75, 3.05) is 6.61 Å². The monoisotopic (exact) mass is 331 g/mol. The predicted octanol–water partition coefficient (Wildman–Crippen LogP) is 0.742. The lowest BCUT2D eigenvalue weighted by Crippen LogP contribution is -2.37. The Bertz CT molecular complexity index is 781. The van der Waals surface area contributed by atoms with Crippen LogP contribution in [0.4, 0.5) is 0 Å². The highest BCUT2D eigenvalue weighted by molar-refractivity contribution is 5.81. The highest BCUT2D eigenvalue weighted by Gasteiger charge is 2.29. The maximum absolute atomic E-state index is 11.9. The first-order valence-corrected chi connectivity index (χ1v) is 8.07. The zero-order valence-corrected chi connectivity index (χ0v) is 14.1. The van der Waals surface area contributed by atoms with Crippen molar-refractivity contribution in [2.45, 2.75) is 46.1 Å². The molecule has 0 bridgehead atoms. The van der Waals surface area contributed by atoms with Gasteiger partial charge >= 0.3 is 5.97 Å². The molecule has 2 aromatic rings. The number of esters is 1. The van der Waals surface area contributed by atoms with Gasteiger partial charge in [0, 0.05) is 17.4 Å². The fourth-order valence-corrected chi connectivity index (χ4v) is 2.62. The average Bonchev–Trinajstić information content (AvgIpc) is 3.27. The van der Waals surface area contributed by atoms with E-state index in [0.29, 0.717) is 17.5 Å². The van der Waals surface area contributed by atoms with Gasteiger partial charge in [-0.05, 0) is 45.6 Å². The molecule has 0 spiro atoms. The maximum Gasteiger partial charge on any atom is 0.314 e. The number of carbonyl (C=O) groups is 2. The van der Waals surface area contributed by atoms with Gasteiger partial charge in [0.25, 0.3) is 11.7 Å². The number of aromatic nitrogens is 4. The van der Waals surface area contributed by atoms with Gasteiger partial charge in [0.1, 0.15) is 6.42 Å². The van der Waals surface area contributed by atoms with Crippen molar-refractivity contribution in [1.82, 2.24) is 24.9 Å². The van der Waals surface area contributed by atoms with Crippen LogP contribution in [-0.4, -0.2) is 44.1 Å². The highest BCUT2D eigenvalue weighted by atomic mass is 16.5. The molecule has 0 saturated heterocycles. The van der Waals surface area contributed by atoms with Crippen LogP contribution in [0.1, 0.15) is 37.0 Å². The van der Waals surface area contributed by atoms with Crippen molar-refractivity contribution in [2.24, 2.45) is 5.92 Å². The number of hydrogen-bond donors (Lipinski definition) is 1. The molecule has 2 aromatic heterocycles. The molecular weight excluding hydrogens is 310 g/mol. The molecule has 1 aliphatic rings. The van der Waals surface area contributed by atoms with Crippen molar-refractivity contribution in [3.8, 4) is 0 Å². The number of nitrogens with one attached hydrogen (secondary N) is 1. The Morgan fingerprint density at radius 3 is 2.83 bits per heavy atom. The fourth-order valence-electron chi connectivity index (χ4n) is 2.62. The second kappa shape index (κ2) is 6.54. The van der Waals surface area contributed by atoms with E-state index in [1.165, 1.54) is 0 Å². The largest absolute Gasteiger partial charge is 0.455 e. The van der Waals surface area contributed by atoms with E-state index in [1.54, 1.807) is 4.52 Å². The number of nitrogens with zero attached hydrogens (tertiary/aromatic N) is 4. The zero-order chi connectivity index (χ0) is 17.3. The smallest absolute Gasteiger partial charge is 0.314 e. The molecule has 8 nitrogen and oxygen atoms in total. The van der Waals surface area contributed by atoms with Gasteiger partial charge in [0.15, 0.2) is 12.4 Å². The van der Waals surface area contributed by atoms with Gasteiger partial charge in [-0.3, -0.25) is 9.59 Å². The zero-order valence-electron chi connectivity index (χ0n) is 14.1. The summed E-state index contributed by atoms with van der Waals surface area (Å²) in [6, 6.07) is 2.02. The summed E-state index contributed by atoms with van der Waals surface area (Å²) < 4.78 is 6.58. The first kappa shape index (κ1) is 16.4. The fraction of sp³-hybridized carbons (Fsp3) is 0.562. The molecule has 0 aliphatic heterocycles. The Morgan fingerprint density at radius 2 is 2.12 bits per heavy atom. The van der Waals surface area contributed by atoms with E-state index >= 15 is 0 Å². The minimum atomic E-state index is -0.533. The summed E-state index contributed by atoms with van der Waals surface area (Å²) >= 11 is 0. The molecule has 0 aromatic carbocycles. The molecule has 0 radical (unpaired) electrons.